The second-order valence-corrected chi connectivity index (χ2v) is 4.21. The molecule has 1 N–H and O–H groups in total. The van der Waals surface area contributed by atoms with Crippen LogP contribution in [0.2, 0.25) is 0 Å². The number of nitrogens with one attached hydrogen (secondary N) is 1. The molecule has 1 aromatic rings. The van der Waals surface area contributed by atoms with Gasteiger partial charge in [0.1, 0.15) is 0 Å². The summed E-state index contributed by atoms with van der Waals surface area (Å²) in [6, 6.07) is 5.46. The smallest absolute Gasteiger partial charge is 0.320 e. The number of hydrogen-bond acceptors (Lipinski definition) is 2. The predicted octanol–water partition coefficient (Wildman–Crippen LogP) is 3.54. The summed E-state index contributed by atoms with van der Waals surface area (Å²) in [6.07, 6.45) is -7.59. The van der Waals surface area contributed by atoms with E-state index in [0.29, 0.717) is 11.8 Å². The third kappa shape index (κ3) is 4.91. The lowest BCUT2D eigenvalue weighted by molar-refractivity contribution is -0.126. The van der Waals surface area contributed by atoms with Crippen molar-refractivity contribution in [2.24, 2.45) is 0 Å². The monoisotopic (exact) mass is 285 g/mol. The Kier molecular flexibility index (Phi) is 4.94. The highest BCUT2D eigenvalue weighted by atomic mass is 32.2. The number of rotatable bonds is 4. The van der Waals surface area contributed by atoms with Crippen molar-refractivity contribution in [3.05, 3.63) is 24.3 Å². The highest BCUT2D eigenvalue weighted by Crippen LogP contribution is 2.32. The number of carbonyl (C=O) groups excluding carboxylic acids is 1. The molecule has 0 aliphatic carbocycles. The fourth-order valence-electron chi connectivity index (χ4n) is 1.04. The standard InChI is InChI=1S/C10H8F5NOS/c11-8(12)9(17)16-6-3-1-2-4-7(6)18-5-10(13,14)15/h1-4,8H,5H2,(H,16,17). The van der Waals surface area contributed by atoms with E-state index in [1.165, 1.54) is 24.3 Å². The maximum absolute atomic E-state index is 12.0. The minimum absolute atomic E-state index is 0.0583. The maximum atomic E-state index is 12.0. The van der Waals surface area contributed by atoms with E-state index >= 15 is 0 Å². The minimum atomic E-state index is -4.37. The van der Waals surface area contributed by atoms with Gasteiger partial charge >= 0.3 is 12.6 Å². The Labute approximate surface area is 104 Å². The molecule has 0 fully saturated rings. The summed E-state index contributed by atoms with van der Waals surface area (Å²) >= 11 is 0.423. The first-order chi connectivity index (χ1) is 8.29. The second kappa shape index (κ2) is 6.03. The third-order valence-electron chi connectivity index (χ3n) is 1.73. The summed E-state index contributed by atoms with van der Waals surface area (Å²) in [5, 5.41) is 1.87. The highest BCUT2D eigenvalue weighted by Gasteiger charge is 2.28. The molecule has 0 saturated heterocycles. The zero-order valence-corrected chi connectivity index (χ0v) is 9.62. The highest BCUT2D eigenvalue weighted by molar-refractivity contribution is 7.99. The van der Waals surface area contributed by atoms with Crippen molar-refractivity contribution in [1.29, 1.82) is 0 Å². The molecule has 8 heteroatoms. The lowest BCUT2D eigenvalue weighted by Crippen LogP contribution is -2.20. The van der Waals surface area contributed by atoms with Crippen molar-refractivity contribution in [2.45, 2.75) is 17.5 Å². The van der Waals surface area contributed by atoms with Crippen LogP contribution in [0.3, 0.4) is 0 Å². The van der Waals surface area contributed by atoms with Crippen LogP contribution >= 0.6 is 11.8 Å². The van der Waals surface area contributed by atoms with Crippen LogP contribution in [-0.2, 0) is 4.79 Å². The van der Waals surface area contributed by atoms with Crippen molar-refractivity contribution in [3.63, 3.8) is 0 Å². The summed E-state index contributed by atoms with van der Waals surface area (Å²) in [5.74, 6) is -2.70. The van der Waals surface area contributed by atoms with E-state index in [1.807, 2.05) is 5.32 Å². The summed E-state index contributed by atoms with van der Waals surface area (Å²) in [7, 11) is 0. The Bertz CT molecular complexity index is 421. The summed E-state index contributed by atoms with van der Waals surface area (Å²) in [6.45, 7) is 0. The molecule has 0 unspecified atom stereocenters. The number of para-hydroxylation sites is 1. The van der Waals surface area contributed by atoms with Gasteiger partial charge in [0.05, 0.1) is 11.4 Å². The first kappa shape index (κ1) is 14.7. The lowest BCUT2D eigenvalue weighted by Gasteiger charge is -2.11. The van der Waals surface area contributed by atoms with Gasteiger partial charge in [-0.15, -0.1) is 11.8 Å². The molecule has 0 atom stereocenters. The van der Waals surface area contributed by atoms with Crippen LogP contribution in [0, 0.1) is 0 Å². The van der Waals surface area contributed by atoms with Crippen LogP contribution in [-0.4, -0.2) is 24.3 Å². The van der Waals surface area contributed by atoms with E-state index in [9.17, 15) is 26.7 Å². The van der Waals surface area contributed by atoms with Crippen LogP contribution in [0.25, 0.3) is 0 Å². The number of thioether (sulfide) groups is 1. The topological polar surface area (TPSA) is 29.1 Å². The quantitative estimate of drug-likeness (QED) is 0.677. The second-order valence-electron chi connectivity index (χ2n) is 3.19. The number of benzene rings is 1. The SMILES string of the molecule is O=C(Nc1ccccc1SCC(F)(F)F)C(F)F. The normalized spacial score (nSPS) is 11.7. The van der Waals surface area contributed by atoms with Gasteiger partial charge in [-0.2, -0.15) is 22.0 Å². The van der Waals surface area contributed by atoms with Crippen LogP contribution in [0.5, 0.6) is 0 Å². The van der Waals surface area contributed by atoms with E-state index in [0.717, 1.165) is 0 Å². The number of alkyl halides is 5. The molecule has 1 aromatic carbocycles. The fourth-order valence-corrected chi connectivity index (χ4v) is 1.81. The molecule has 0 heterocycles. The van der Waals surface area contributed by atoms with Crippen molar-refractivity contribution in [2.75, 3.05) is 11.1 Å². The van der Waals surface area contributed by atoms with Crippen molar-refractivity contribution in [3.8, 4) is 0 Å². The third-order valence-corrected chi connectivity index (χ3v) is 2.87. The van der Waals surface area contributed by atoms with E-state index < -0.39 is 24.3 Å². The minimum Gasteiger partial charge on any atom is -0.320 e. The van der Waals surface area contributed by atoms with E-state index in [-0.39, 0.29) is 10.6 Å². The van der Waals surface area contributed by atoms with Gasteiger partial charge < -0.3 is 5.32 Å². The Morgan fingerprint density at radius 3 is 2.44 bits per heavy atom. The molecule has 0 aliphatic heterocycles. The fraction of sp³-hybridized carbons (Fsp3) is 0.300. The molecule has 0 aromatic heterocycles. The van der Waals surface area contributed by atoms with Gasteiger partial charge in [0, 0.05) is 4.90 Å². The summed E-state index contributed by atoms with van der Waals surface area (Å²) in [5.41, 5.74) is -0.0583. The summed E-state index contributed by atoms with van der Waals surface area (Å²) < 4.78 is 60.2. The Balaban J connectivity index is 2.77. The van der Waals surface area contributed by atoms with E-state index in [4.69, 9.17) is 0 Å². The molecule has 0 spiro atoms. The largest absolute Gasteiger partial charge is 0.398 e. The predicted molar refractivity (Wildman–Crippen MR) is 57.9 cm³/mol. The van der Waals surface area contributed by atoms with Gasteiger partial charge in [-0.05, 0) is 12.1 Å². The van der Waals surface area contributed by atoms with Crippen molar-refractivity contribution >= 4 is 23.4 Å². The number of carbonyl (C=O) groups is 1. The molecule has 0 aliphatic rings. The zero-order chi connectivity index (χ0) is 13.8. The van der Waals surface area contributed by atoms with Crippen LogP contribution in [0.4, 0.5) is 27.6 Å². The Hall–Kier alpha value is -1.31. The van der Waals surface area contributed by atoms with Gasteiger partial charge in [-0.1, -0.05) is 12.1 Å². The molecule has 0 saturated carbocycles. The molecule has 100 valence electrons. The van der Waals surface area contributed by atoms with E-state index in [2.05, 4.69) is 0 Å². The van der Waals surface area contributed by atoms with Gasteiger partial charge in [0.25, 0.3) is 5.91 Å². The van der Waals surface area contributed by atoms with Gasteiger partial charge in [-0.3, -0.25) is 4.79 Å². The lowest BCUT2D eigenvalue weighted by atomic mass is 10.3. The zero-order valence-electron chi connectivity index (χ0n) is 8.80. The number of hydrogen-bond donors (Lipinski definition) is 1. The van der Waals surface area contributed by atoms with Gasteiger partial charge in [-0.25, -0.2) is 0 Å². The van der Waals surface area contributed by atoms with Crippen LogP contribution in [0.15, 0.2) is 29.2 Å². The first-order valence-corrected chi connectivity index (χ1v) is 5.66. The van der Waals surface area contributed by atoms with Crippen molar-refractivity contribution < 1.29 is 26.7 Å². The van der Waals surface area contributed by atoms with E-state index in [1.54, 1.807) is 0 Å². The molecule has 18 heavy (non-hydrogen) atoms. The van der Waals surface area contributed by atoms with Crippen LogP contribution < -0.4 is 5.32 Å². The van der Waals surface area contributed by atoms with Gasteiger partial charge in [0.2, 0.25) is 0 Å². The molecule has 0 bridgehead atoms. The summed E-state index contributed by atoms with van der Waals surface area (Å²) in [4.78, 5) is 10.9. The molecular formula is C10H8F5NOS. The van der Waals surface area contributed by atoms with Crippen LogP contribution in [0.1, 0.15) is 0 Å². The molecule has 1 amide bonds. The number of anilines is 1. The average molecular weight is 285 g/mol. The molecule has 1 rings (SSSR count). The van der Waals surface area contributed by atoms with Gasteiger partial charge in [0.15, 0.2) is 0 Å². The average Bonchev–Trinajstić information content (AvgIpc) is 2.26. The number of amides is 1. The Morgan fingerprint density at radius 2 is 1.89 bits per heavy atom. The molecular weight excluding hydrogens is 277 g/mol. The van der Waals surface area contributed by atoms with Crippen molar-refractivity contribution in [1.82, 2.24) is 0 Å². The molecule has 0 radical (unpaired) electrons. The molecule has 2 nitrogen and oxygen atoms in total. The first-order valence-electron chi connectivity index (χ1n) is 4.67. The number of halogens is 5. The Morgan fingerprint density at radius 1 is 1.28 bits per heavy atom. The maximum Gasteiger partial charge on any atom is 0.398 e.